The second-order valence-electron chi connectivity index (χ2n) is 5.97. The molecule has 0 heterocycles. The Morgan fingerprint density at radius 2 is 1.91 bits per heavy atom. The van der Waals surface area contributed by atoms with Gasteiger partial charge in [-0.05, 0) is 31.9 Å². The van der Waals surface area contributed by atoms with Crippen molar-refractivity contribution in [1.29, 1.82) is 10.5 Å². The smallest absolute Gasteiger partial charge is 0.264 e. The fourth-order valence-electron chi connectivity index (χ4n) is 3.05. The van der Waals surface area contributed by atoms with E-state index < -0.39 is 11.6 Å². The third-order valence-corrected chi connectivity index (χ3v) is 4.52. The summed E-state index contributed by atoms with van der Waals surface area (Å²) in [6, 6.07) is 11.2. The fourth-order valence-corrected chi connectivity index (χ4v) is 3.05. The maximum absolute atomic E-state index is 12.7. The van der Waals surface area contributed by atoms with Gasteiger partial charge >= 0.3 is 0 Å². The van der Waals surface area contributed by atoms with Crippen molar-refractivity contribution in [2.45, 2.75) is 50.7 Å². The number of nitrogens with zero attached hydrogens (tertiary/aromatic N) is 3. The largest absolute Gasteiger partial charge is 0.480 e. The molecule has 23 heavy (non-hydrogen) atoms. The van der Waals surface area contributed by atoms with Crippen molar-refractivity contribution >= 4 is 5.91 Å². The van der Waals surface area contributed by atoms with Gasteiger partial charge in [-0.15, -0.1) is 0 Å². The first-order chi connectivity index (χ1) is 11.0. The van der Waals surface area contributed by atoms with Crippen molar-refractivity contribution in [2.75, 3.05) is 7.05 Å². The Morgan fingerprint density at radius 3 is 2.52 bits per heavy atom. The number of nitriles is 2. The zero-order valence-electron chi connectivity index (χ0n) is 13.6. The maximum atomic E-state index is 12.7. The minimum Gasteiger partial charge on any atom is -0.480 e. The Morgan fingerprint density at radius 1 is 1.26 bits per heavy atom. The van der Waals surface area contributed by atoms with Crippen LogP contribution in [0.3, 0.4) is 0 Å². The standard InChI is InChI=1S/C18H21N3O2/c1-14(23-16-9-5-4-8-15(16)12-19)17(22)21(2)18(13-20)10-6-3-7-11-18/h4-5,8-9,14H,3,6-7,10-11H2,1-2H3/t14-/m1/s1. The molecule has 0 aliphatic heterocycles. The number of hydrogen-bond donors (Lipinski definition) is 0. The van der Waals surface area contributed by atoms with Gasteiger partial charge < -0.3 is 9.64 Å². The zero-order valence-corrected chi connectivity index (χ0v) is 13.6. The van der Waals surface area contributed by atoms with Crippen LogP contribution in [0.5, 0.6) is 5.75 Å². The first kappa shape index (κ1) is 16.8. The van der Waals surface area contributed by atoms with Crippen LogP contribution in [0.2, 0.25) is 0 Å². The topological polar surface area (TPSA) is 77.1 Å². The van der Waals surface area contributed by atoms with E-state index in [-0.39, 0.29) is 5.91 Å². The molecule has 1 amide bonds. The molecule has 2 rings (SSSR count). The van der Waals surface area contributed by atoms with Crippen LogP contribution in [0.4, 0.5) is 0 Å². The van der Waals surface area contributed by atoms with Crippen molar-refractivity contribution in [3.8, 4) is 17.9 Å². The summed E-state index contributed by atoms with van der Waals surface area (Å²) >= 11 is 0. The molecule has 1 aromatic rings. The molecular formula is C18H21N3O2. The summed E-state index contributed by atoms with van der Waals surface area (Å²) in [5, 5.41) is 18.7. The number of rotatable bonds is 4. The summed E-state index contributed by atoms with van der Waals surface area (Å²) in [7, 11) is 1.67. The molecule has 1 aliphatic carbocycles. The lowest BCUT2D eigenvalue weighted by Gasteiger charge is -2.40. The van der Waals surface area contributed by atoms with Gasteiger partial charge in [0.25, 0.3) is 5.91 Å². The summed E-state index contributed by atoms with van der Waals surface area (Å²) in [6.45, 7) is 1.65. The summed E-state index contributed by atoms with van der Waals surface area (Å²) in [6.07, 6.45) is 3.67. The van der Waals surface area contributed by atoms with E-state index in [0.29, 0.717) is 24.2 Å². The van der Waals surface area contributed by atoms with Crippen LogP contribution in [0.1, 0.15) is 44.6 Å². The van der Waals surface area contributed by atoms with Gasteiger partial charge in [-0.1, -0.05) is 31.4 Å². The van der Waals surface area contributed by atoms with Crippen LogP contribution < -0.4 is 4.74 Å². The average Bonchev–Trinajstić information content (AvgIpc) is 2.61. The molecule has 1 fully saturated rings. The molecule has 1 aromatic carbocycles. The lowest BCUT2D eigenvalue weighted by atomic mass is 9.81. The van der Waals surface area contributed by atoms with Crippen molar-refractivity contribution < 1.29 is 9.53 Å². The van der Waals surface area contributed by atoms with E-state index in [1.54, 1.807) is 38.2 Å². The number of carbonyl (C=O) groups is 1. The Bertz CT molecular complexity index is 651. The molecule has 0 bridgehead atoms. The van der Waals surface area contributed by atoms with Crippen LogP contribution in [-0.2, 0) is 4.79 Å². The average molecular weight is 311 g/mol. The molecule has 0 saturated heterocycles. The highest BCUT2D eigenvalue weighted by Crippen LogP contribution is 2.33. The highest BCUT2D eigenvalue weighted by Gasteiger charge is 2.40. The van der Waals surface area contributed by atoms with E-state index in [9.17, 15) is 10.1 Å². The monoisotopic (exact) mass is 311 g/mol. The van der Waals surface area contributed by atoms with E-state index in [0.717, 1.165) is 19.3 Å². The highest BCUT2D eigenvalue weighted by molar-refractivity contribution is 5.82. The summed E-state index contributed by atoms with van der Waals surface area (Å²) in [4.78, 5) is 14.2. The molecular weight excluding hydrogens is 290 g/mol. The Labute approximate surface area is 137 Å². The van der Waals surface area contributed by atoms with Crippen LogP contribution in [0, 0.1) is 22.7 Å². The van der Waals surface area contributed by atoms with E-state index in [2.05, 4.69) is 6.07 Å². The third-order valence-electron chi connectivity index (χ3n) is 4.52. The van der Waals surface area contributed by atoms with Crippen LogP contribution in [-0.4, -0.2) is 29.5 Å². The Hall–Kier alpha value is -2.53. The fraction of sp³-hybridized carbons (Fsp3) is 0.500. The molecule has 1 atom stereocenters. The van der Waals surface area contributed by atoms with E-state index in [1.165, 1.54) is 4.90 Å². The van der Waals surface area contributed by atoms with Gasteiger partial charge in [0, 0.05) is 7.05 Å². The molecule has 5 nitrogen and oxygen atoms in total. The van der Waals surface area contributed by atoms with Gasteiger partial charge in [-0.2, -0.15) is 10.5 Å². The molecule has 0 radical (unpaired) electrons. The van der Waals surface area contributed by atoms with E-state index in [4.69, 9.17) is 10.00 Å². The molecule has 0 unspecified atom stereocenters. The van der Waals surface area contributed by atoms with E-state index in [1.807, 2.05) is 6.07 Å². The van der Waals surface area contributed by atoms with Crippen molar-refractivity contribution in [3.05, 3.63) is 29.8 Å². The van der Waals surface area contributed by atoms with Gasteiger partial charge in [-0.25, -0.2) is 0 Å². The highest BCUT2D eigenvalue weighted by atomic mass is 16.5. The normalized spacial score (nSPS) is 17.4. The summed E-state index contributed by atoms with van der Waals surface area (Å²) < 4.78 is 5.68. The van der Waals surface area contributed by atoms with Crippen molar-refractivity contribution in [2.24, 2.45) is 0 Å². The third kappa shape index (κ3) is 3.46. The van der Waals surface area contributed by atoms with Gasteiger partial charge in [0.05, 0.1) is 11.6 Å². The van der Waals surface area contributed by atoms with Crippen molar-refractivity contribution in [1.82, 2.24) is 4.90 Å². The summed E-state index contributed by atoms with van der Waals surface area (Å²) in [5.74, 6) is 0.153. The molecule has 1 saturated carbocycles. The van der Waals surface area contributed by atoms with Crippen LogP contribution in [0.25, 0.3) is 0 Å². The number of hydrogen-bond acceptors (Lipinski definition) is 4. The van der Waals surface area contributed by atoms with Gasteiger partial charge in [-0.3, -0.25) is 4.79 Å². The van der Waals surface area contributed by atoms with Crippen molar-refractivity contribution in [3.63, 3.8) is 0 Å². The molecule has 0 N–H and O–H groups in total. The molecule has 5 heteroatoms. The van der Waals surface area contributed by atoms with E-state index >= 15 is 0 Å². The molecule has 120 valence electrons. The van der Waals surface area contributed by atoms with Crippen LogP contribution >= 0.6 is 0 Å². The molecule has 0 aromatic heterocycles. The number of amides is 1. The maximum Gasteiger partial charge on any atom is 0.264 e. The Balaban J connectivity index is 2.13. The number of ether oxygens (including phenoxy) is 1. The zero-order chi connectivity index (χ0) is 16.9. The quantitative estimate of drug-likeness (QED) is 0.856. The minimum absolute atomic E-state index is 0.235. The second kappa shape index (κ2) is 7.15. The minimum atomic E-state index is -0.748. The lowest BCUT2D eigenvalue weighted by Crippen LogP contribution is -2.53. The van der Waals surface area contributed by atoms with Gasteiger partial charge in [0.1, 0.15) is 17.4 Å². The number of benzene rings is 1. The Kier molecular flexibility index (Phi) is 5.24. The predicted molar refractivity (Wildman–Crippen MR) is 85.4 cm³/mol. The first-order valence-electron chi connectivity index (χ1n) is 7.89. The first-order valence-corrected chi connectivity index (χ1v) is 7.89. The molecule has 1 aliphatic rings. The number of likely N-dealkylation sites (N-methyl/N-ethyl adjacent to an activating group) is 1. The second-order valence-corrected chi connectivity index (χ2v) is 5.97. The number of para-hydroxylation sites is 1. The predicted octanol–water partition coefficient (Wildman–Crippen LogP) is 3.01. The summed E-state index contributed by atoms with van der Waals surface area (Å²) in [5.41, 5.74) is -0.343. The van der Waals surface area contributed by atoms with Crippen LogP contribution in [0.15, 0.2) is 24.3 Å². The number of carbonyl (C=O) groups excluding carboxylic acids is 1. The molecule has 0 spiro atoms. The van der Waals surface area contributed by atoms with Gasteiger partial charge in [0.15, 0.2) is 6.10 Å². The lowest BCUT2D eigenvalue weighted by molar-refractivity contribution is -0.141. The SMILES string of the molecule is C[C@@H](Oc1ccccc1C#N)C(=O)N(C)C1(C#N)CCCCC1. The van der Waals surface area contributed by atoms with Gasteiger partial charge in [0.2, 0.25) is 0 Å².